The van der Waals surface area contributed by atoms with Gasteiger partial charge in [0.15, 0.2) is 0 Å². The Morgan fingerprint density at radius 1 is 1.24 bits per heavy atom. The molecule has 6 heteroatoms. The molecule has 5 nitrogen and oxygen atoms in total. The largest absolute Gasteiger partial charge is 0.369 e. The zero-order chi connectivity index (χ0) is 15.0. The summed E-state index contributed by atoms with van der Waals surface area (Å²) in [6.07, 6.45) is 4.51. The molecule has 0 atom stereocenters. The molecule has 3 rings (SSSR count). The molecule has 2 aliphatic carbocycles. The number of rotatable bonds is 5. The molecule has 1 fully saturated rings. The maximum Gasteiger partial charge on any atom is 0.239 e. The number of carbonyl (C=O) groups excluding carboxylic acids is 1. The molecular weight excluding hydrogens is 288 g/mol. The van der Waals surface area contributed by atoms with Crippen LogP contribution in [0.3, 0.4) is 0 Å². The highest BCUT2D eigenvalue weighted by Crippen LogP contribution is 2.35. The summed E-state index contributed by atoms with van der Waals surface area (Å²) < 4.78 is 26.8. The second-order valence-corrected chi connectivity index (χ2v) is 7.50. The molecular formula is C15H18N2O3S. The number of fused-ring (bicyclic) bond motifs is 1. The number of benzene rings is 1. The Bertz CT molecular complexity index is 705. The van der Waals surface area contributed by atoms with E-state index in [-0.39, 0.29) is 12.6 Å². The van der Waals surface area contributed by atoms with E-state index in [4.69, 9.17) is 5.73 Å². The maximum atomic E-state index is 12.8. The van der Waals surface area contributed by atoms with Gasteiger partial charge in [-0.1, -0.05) is 24.3 Å². The Balaban J connectivity index is 1.95. The normalized spacial score (nSPS) is 18.2. The van der Waals surface area contributed by atoms with Crippen molar-refractivity contribution in [2.75, 3.05) is 6.54 Å². The summed E-state index contributed by atoms with van der Waals surface area (Å²) in [5.74, 6) is -0.609. The smallest absolute Gasteiger partial charge is 0.239 e. The molecule has 21 heavy (non-hydrogen) atoms. The summed E-state index contributed by atoms with van der Waals surface area (Å²) in [4.78, 5) is 11.6. The van der Waals surface area contributed by atoms with Crippen molar-refractivity contribution in [1.29, 1.82) is 0 Å². The SMILES string of the molecule is NC(=O)CN(C1CC1)S(=O)(=O)C1=Cc2ccccc2CC1. The Morgan fingerprint density at radius 3 is 2.62 bits per heavy atom. The molecule has 0 bridgehead atoms. The summed E-state index contributed by atoms with van der Waals surface area (Å²) >= 11 is 0. The first kappa shape index (κ1) is 14.3. The highest BCUT2D eigenvalue weighted by molar-refractivity contribution is 7.93. The van der Waals surface area contributed by atoms with Gasteiger partial charge in [-0.2, -0.15) is 4.31 Å². The fraction of sp³-hybridized carbons (Fsp3) is 0.400. The van der Waals surface area contributed by atoms with Crippen LogP contribution in [-0.2, 0) is 21.2 Å². The molecule has 2 N–H and O–H groups in total. The van der Waals surface area contributed by atoms with Gasteiger partial charge in [0.25, 0.3) is 0 Å². The lowest BCUT2D eigenvalue weighted by molar-refractivity contribution is -0.118. The predicted molar refractivity (Wildman–Crippen MR) is 80.6 cm³/mol. The van der Waals surface area contributed by atoms with E-state index in [9.17, 15) is 13.2 Å². The quantitative estimate of drug-likeness (QED) is 0.889. The van der Waals surface area contributed by atoms with E-state index in [0.717, 1.165) is 24.0 Å². The summed E-state index contributed by atoms with van der Waals surface area (Å²) in [5.41, 5.74) is 7.30. The van der Waals surface area contributed by atoms with Gasteiger partial charge in [0.05, 0.1) is 11.4 Å². The molecule has 2 aliphatic rings. The number of aryl methyl sites for hydroxylation is 1. The van der Waals surface area contributed by atoms with Crippen LogP contribution in [0, 0.1) is 0 Å². The number of carbonyl (C=O) groups is 1. The van der Waals surface area contributed by atoms with Crippen molar-refractivity contribution in [3.05, 3.63) is 40.3 Å². The lowest BCUT2D eigenvalue weighted by Gasteiger charge is -2.24. The minimum absolute atomic E-state index is 0.0689. The van der Waals surface area contributed by atoms with E-state index >= 15 is 0 Å². The zero-order valence-corrected chi connectivity index (χ0v) is 12.5. The number of nitrogens with zero attached hydrogens (tertiary/aromatic N) is 1. The van der Waals surface area contributed by atoms with Crippen LogP contribution in [0.2, 0.25) is 0 Å². The number of amides is 1. The topological polar surface area (TPSA) is 80.5 Å². The molecule has 112 valence electrons. The number of allylic oxidation sites excluding steroid dienone is 1. The van der Waals surface area contributed by atoms with Gasteiger partial charge < -0.3 is 5.73 Å². The van der Waals surface area contributed by atoms with Gasteiger partial charge in [-0.3, -0.25) is 4.79 Å². The number of nitrogens with two attached hydrogens (primary N) is 1. The molecule has 1 aromatic carbocycles. The fourth-order valence-electron chi connectivity index (χ4n) is 2.69. The van der Waals surface area contributed by atoms with Gasteiger partial charge in [0, 0.05) is 6.04 Å². The number of primary amides is 1. The summed E-state index contributed by atoms with van der Waals surface area (Å²) in [6.45, 7) is -0.230. The molecule has 0 spiro atoms. The van der Waals surface area contributed by atoms with Crippen LogP contribution in [-0.4, -0.2) is 31.2 Å². The average molecular weight is 306 g/mol. The van der Waals surface area contributed by atoms with Crippen LogP contribution in [0.15, 0.2) is 29.2 Å². The van der Waals surface area contributed by atoms with Crippen LogP contribution in [0.5, 0.6) is 0 Å². The van der Waals surface area contributed by atoms with Crippen LogP contribution in [0.1, 0.15) is 30.4 Å². The Morgan fingerprint density at radius 2 is 1.95 bits per heavy atom. The third-order valence-electron chi connectivity index (χ3n) is 3.92. The Labute approximate surface area is 124 Å². The minimum atomic E-state index is -3.61. The summed E-state index contributed by atoms with van der Waals surface area (Å²) in [7, 11) is -3.61. The van der Waals surface area contributed by atoms with Crippen LogP contribution >= 0.6 is 0 Å². The van der Waals surface area contributed by atoms with Crippen LogP contribution < -0.4 is 5.73 Å². The molecule has 1 aromatic rings. The molecule has 0 aliphatic heterocycles. The van der Waals surface area contributed by atoms with Gasteiger partial charge in [-0.25, -0.2) is 8.42 Å². The third kappa shape index (κ3) is 2.87. The van der Waals surface area contributed by atoms with Gasteiger partial charge in [-0.15, -0.1) is 0 Å². The van der Waals surface area contributed by atoms with E-state index in [1.807, 2.05) is 24.3 Å². The van der Waals surface area contributed by atoms with Crippen molar-refractivity contribution in [3.8, 4) is 0 Å². The van der Waals surface area contributed by atoms with E-state index in [0.29, 0.717) is 17.7 Å². The lowest BCUT2D eigenvalue weighted by atomic mass is 9.98. The molecule has 0 heterocycles. The molecule has 0 radical (unpaired) electrons. The van der Waals surface area contributed by atoms with Gasteiger partial charge in [0.1, 0.15) is 0 Å². The van der Waals surface area contributed by atoms with Gasteiger partial charge in [-0.05, 0) is 42.9 Å². The summed E-state index contributed by atoms with van der Waals surface area (Å²) in [5, 5.41) is 0. The molecule has 0 aromatic heterocycles. The first-order valence-electron chi connectivity index (χ1n) is 7.07. The highest BCUT2D eigenvalue weighted by atomic mass is 32.2. The third-order valence-corrected chi connectivity index (χ3v) is 5.95. The van der Waals surface area contributed by atoms with Gasteiger partial charge >= 0.3 is 0 Å². The molecule has 0 saturated heterocycles. The second-order valence-electron chi connectivity index (χ2n) is 5.56. The van der Waals surface area contributed by atoms with Crippen molar-refractivity contribution >= 4 is 22.0 Å². The molecule has 0 unspecified atom stereocenters. The molecule has 1 saturated carbocycles. The first-order valence-corrected chi connectivity index (χ1v) is 8.51. The van der Waals surface area contributed by atoms with E-state index in [2.05, 4.69) is 0 Å². The van der Waals surface area contributed by atoms with Crippen molar-refractivity contribution in [1.82, 2.24) is 4.31 Å². The predicted octanol–water partition coefficient (Wildman–Crippen LogP) is 1.25. The fourth-order valence-corrected chi connectivity index (χ4v) is 4.52. The number of hydrogen-bond acceptors (Lipinski definition) is 3. The van der Waals surface area contributed by atoms with E-state index in [1.165, 1.54) is 4.31 Å². The average Bonchev–Trinajstić information content (AvgIpc) is 3.28. The minimum Gasteiger partial charge on any atom is -0.369 e. The van der Waals surface area contributed by atoms with Crippen LogP contribution in [0.25, 0.3) is 6.08 Å². The summed E-state index contributed by atoms with van der Waals surface area (Å²) in [6, 6.07) is 7.71. The second kappa shape index (κ2) is 5.27. The number of hydrogen-bond donors (Lipinski definition) is 1. The Kier molecular flexibility index (Phi) is 3.59. The van der Waals surface area contributed by atoms with Gasteiger partial charge in [0.2, 0.25) is 15.9 Å². The number of sulfonamides is 1. The first-order chi connectivity index (χ1) is 9.98. The maximum absolute atomic E-state index is 12.8. The monoisotopic (exact) mass is 306 g/mol. The van der Waals surface area contributed by atoms with Crippen molar-refractivity contribution < 1.29 is 13.2 Å². The van der Waals surface area contributed by atoms with E-state index in [1.54, 1.807) is 6.08 Å². The van der Waals surface area contributed by atoms with Crippen molar-refractivity contribution in [3.63, 3.8) is 0 Å². The zero-order valence-electron chi connectivity index (χ0n) is 11.7. The highest BCUT2D eigenvalue weighted by Gasteiger charge is 2.40. The Hall–Kier alpha value is -1.66. The standard InChI is InChI=1S/C15H18N2O3S/c16-15(18)10-17(13-6-7-13)21(19,20)14-8-5-11-3-1-2-4-12(11)9-14/h1-4,9,13H,5-8,10H2,(H2,16,18). The van der Waals surface area contributed by atoms with Crippen molar-refractivity contribution in [2.24, 2.45) is 5.73 Å². The van der Waals surface area contributed by atoms with Crippen LogP contribution in [0.4, 0.5) is 0 Å². The molecule has 1 amide bonds. The lowest BCUT2D eigenvalue weighted by Crippen LogP contribution is -2.40. The van der Waals surface area contributed by atoms with E-state index < -0.39 is 15.9 Å². The van der Waals surface area contributed by atoms with Crippen molar-refractivity contribution in [2.45, 2.75) is 31.7 Å².